The summed E-state index contributed by atoms with van der Waals surface area (Å²) < 4.78 is 0. The summed E-state index contributed by atoms with van der Waals surface area (Å²) in [5.41, 5.74) is 2.91. The van der Waals surface area contributed by atoms with Gasteiger partial charge < -0.3 is 5.32 Å². The van der Waals surface area contributed by atoms with Crippen LogP contribution in [0.3, 0.4) is 0 Å². The lowest BCUT2D eigenvalue weighted by molar-refractivity contribution is 0.142. The van der Waals surface area contributed by atoms with Crippen LogP contribution in [0.4, 0.5) is 0 Å². The highest BCUT2D eigenvalue weighted by Gasteiger charge is 2.32. The SMILES string of the molecule is CCc1ccc(CN2CCC3CNCC3C2)cc1.Cl. The van der Waals surface area contributed by atoms with E-state index in [4.69, 9.17) is 0 Å². The molecule has 3 rings (SSSR count). The second-order valence-corrected chi connectivity index (χ2v) is 5.87. The Hall–Kier alpha value is -0.570. The molecule has 2 aliphatic heterocycles. The van der Waals surface area contributed by atoms with E-state index in [0.717, 1.165) is 24.8 Å². The number of benzene rings is 1. The first-order valence-corrected chi connectivity index (χ1v) is 7.36. The Morgan fingerprint density at radius 3 is 2.53 bits per heavy atom. The number of piperidine rings is 1. The van der Waals surface area contributed by atoms with Gasteiger partial charge in [0.25, 0.3) is 0 Å². The van der Waals surface area contributed by atoms with Crippen LogP contribution in [0.15, 0.2) is 24.3 Å². The van der Waals surface area contributed by atoms with Gasteiger partial charge in [-0.2, -0.15) is 0 Å². The molecule has 1 aromatic rings. The highest BCUT2D eigenvalue weighted by atomic mass is 35.5. The molecule has 2 unspecified atom stereocenters. The number of halogens is 1. The minimum Gasteiger partial charge on any atom is -0.316 e. The van der Waals surface area contributed by atoms with Gasteiger partial charge in [0.05, 0.1) is 0 Å². The van der Waals surface area contributed by atoms with E-state index in [-0.39, 0.29) is 12.4 Å². The van der Waals surface area contributed by atoms with Crippen molar-refractivity contribution in [2.75, 3.05) is 26.2 Å². The highest BCUT2D eigenvalue weighted by Crippen LogP contribution is 2.27. The van der Waals surface area contributed by atoms with Gasteiger partial charge in [-0.3, -0.25) is 4.90 Å². The molecule has 1 aromatic carbocycles. The molecule has 2 aliphatic rings. The highest BCUT2D eigenvalue weighted by molar-refractivity contribution is 5.85. The molecule has 2 saturated heterocycles. The summed E-state index contributed by atoms with van der Waals surface area (Å²) in [5.74, 6) is 1.84. The normalized spacial score (nSPS) is 26.8. The van der Waals surface area contributed by atoms with Gasteiger partial charge in [-0.1, -0.05) is 31.2 Å². The molecule has 0 spiro atoms. The molecule has 19 heavy (non-hydrogen) atoms. The molecule has 2 nitrogen and oxygen atoms in total. The topological polar surface area (TPSA) is 15.3 Å². The third kappa shape index (κ3) is 3.50. The summed E-state index contributed by atoms with van der Waals surface area (Å²) in [6.07, 6.45) is 2.52. The van der Waals surface area contributed by atoms with Crippen molar-refractivity contribution in [3.8, 4) is 0 Å². The number of nitrogens with zero attached hydrogens (tertiary/aromatic N) is 1. The van der Waals surface area contributed by atoms with E-state index in [1.165, 1.54) is 43.7 Å². The summed E-state index contributed by atoms with van der Waals surface area (Å²) in [5, 5.41) is 3.54. The average molecular weight is 281 g/mol. The maximum atomic E-state index is 3.54. The van der Waals surface area contributed by atoms with Crippen molar-refractivity contribution in [3.63, 3.8) is 0 Å². The number of hydrogen-bond acceptors (Lipinski definition) is 2. The number of aryl methyl sites for hydroxylation is 1. The monoisotopic (exact) mass is 280 g/mol. The first-order chi connectivity index (χ1) is 8.85. The van der Waals surface area contributed by atoms with E-state index in [0.29, 0.717) is 0 Å². The summed E-state index contributed by atoms with van der Waals surface area (Å²) in [4.78, 5) is 2.63. The Kier molecular flexibility index (Phi) is 5.26. The van der Waals surface area contributed by atoms with Crippen molar-refractivity contribution in [2.45, 2.75) is 26.3 Å². The van der Waals surface area contributed by atoms with Gasteiger partial charge in [-0.05, 0) is 55.4 Å². The van der Waals surface area contributed by atoms with Gasteiger partial charge in [0.2, 0.25) is 0 Å². The molecule has 0 amide bonds. The molecule has 0 aliphatic carbocycles. The quantitative estimate of drug-likeness (QED) is 0.916. The maximum Gasteiger partial charge on any atom is 0.0233 e. The number of nitrogens with one attached hydrogen (secondary N) is 1. The van der Waals surface area contributed by atoms with Crippen LogP contribution in [0.1, 0.15) is 24.5 Å². The Morgan fingerprint density at radius 2 is 1.79 bits per heavy atom. The van der Waals surface area contributed by atoms with Crippen LogP contribution in [0.2, 0.25) is 0 Å². The summed E-state index contributed by atoms with van der Waals surface area (Å²) in [7, 11) is 0. The van der Waals surface area contributed by atoms with Crippen LogP contribution < -0.4 is 5.32 Å². The second kappa shape index (κ2) is 6.74. The number of hydrogen-bond donors (Lipinski definition) is 1. The van der Waals surface area contributed by atoms with Crippen molar-refractivity contribution >= 4 is 12.4 Å². The molecule has 1 N–H and O–H groups in total. The van der Waals surface area contributed by atoms with Crippen molar-refractivity contribution < 1.29 is 0 Å². The van der Waals surface area contributed by atoms with E-state index >= 15 is 0 Å². The van der Waals surface area contributed by atoms with Crippen LogP contribution in [0.5, 0.6) is 0 Å². The fourth-order valence-electron chi connectivity index (χ4n) is 3.39. The van der Waals surface area contributed by atoms with Crippen molar-refractivity contribution in [2.24, 2.45) is 11.8 Å². The summed E-state index contributed by atoms with van der Waals surface area (Å²) in [6.45, 7) is 8.39. The van der Waals surface area contributed by atoms with Gasteiger partial charge >= 0.3 is 0 Å². The Labute approximate surface area is 123 Å². The van der Waals surface area contributed by atoms with E-state index in [2.05, 4.69) is 41.4 Å². The Bertz CT molecular complexity index is 390. The Balaban J connectivity index is 0.00000133. The molecular formula is C16H25ClN2. The van der Waals surface area contributed by atoms with Crippen LogP contribution in [0.25, 0.3) is 0 Å². The average Bonchev–Trinajstić information content (AvgIpc) is 2.87. The molecule has 0 saturated carbocycles. The fraction of sp³-hybridized carbons (Fsp3) is 0.625. The van der Waals surface area contributed by atoms with Crippen LogP contribution in [0, 0.1) is 11.8 Å². The van der Waals surface area contributed by atoms with Crippen LogP contribution in [-0.4, -0.2) is 31.1 Å². The molecule has 106 valence electrons. The van der Waals surface area contributed by atoms with E-state index in [9.17, 15) is 0 Å². The third-order valence-electron chi connectivity index (χ3n) is 4.63. The van der Waals surface area contributed by atoms with Crippen LogP contribution in [-0.2, 0) is 13.0 Å². The van der Waals surface area contributed by atoms with Gasteiger partial charge in [-0.25, -0.2) is 0 Å². The predicted octanol–water partition coefficient (Wildman–Crippen LogP) is 2.71. The maximum absolute atomic E-state index is 3.54. The standard InChI is InChI=1S/C16H24N2.ClH/c1-2-13-3-5-14(6-4-13)11-18-8-7-15-9-17-10-16(15)12-18;/h3-6,15-17H,2,7-12H2,1H3;1H. The smallest absolute Gasteiger partial charge is 0.0233 e. The molecule has 2 atom stereocenters. The number of fused-ring (bicyclic) bond motifs is 1. The lowest BCUT2D eigenvalue weighted by Crippen LogP contribution is -2.39. The first-order valence-electron chi connectivity index (χ1n) is 7.36. The lowest BCUT2D eigenvalue weighted by Gasteiger charge is -2.34. The van der Waals surface area contributed by atoms with E-state index in [1.807, 2.05) is 0 Å². The zero-order valence-electron chi connectivity index (χ0n) is 11.8. The molecule has 0 bridgehead atoms. The summed E-state index contributed by atoms with van der Waals surface area (Å²) >= 11 is 0. The van der Waals surface area contributed by atoms with Gasteiger partial charge in [0, 0.05) is 13.1 Å². The predicted molar refractivity (Wildman–Crippen MR) is 82.8 cm³/mol. The largest absolute Gasteiger partial charge is 0.316 e. The van der Waals surface area contributed by atoms with E-state index < -0.39 is 0 Å². The summed E-state index contributed by atoms with van der Waals surface area (Å²) in [6, 6.07) is 9.16. The van der Waals surface area contributed by atoms with Gasteiger partial charge in [-0.15, -0.1) is 12.4 Å². The minimum atomic E-state index is 0. The van der Waals surface area contributed by atoms with Crippen molar-refractivity contribution in [1.82, 2.24) is 10.2 Å². The van der Waals surface area contributed by atoms with Crippen molar-refractivity contribution in [3.05, 3.63) is 35.4 Å². The van der Waals surface area contributed by atoms with Gasteiger partial charge in [0.15, 0.2) is 0 Å². The van der Waals surface area contributed by atoms with Crippen LogP contribution >= 0.6 is 12.4 Å². The fourth-order valence-corrected chi connectivity index (χ4v) is 3.39. The molecule has 3 heteroatoms. The number of rotatable bonds is 3. The molecular weight excluding hydrogens is 256 g/mol. The lowest BCUT2D eigenvalue weighted by atomic mass is 9.88. The van der Waals surface area contributed by atoms with E-state index in [1.54, 1.807) is 0 Å². The third-order valence-corrected chi connectivity index (χ3v) is 4.63. The second-order valence-electron chi connectivity index (χ2n) is 5.87. The first kappa shape index (κ1) is 14.8. The number of likely N-dealkylation sites (tertiary alicyclic amines) is 1. The van der Waals surface area contributed by atoms with Gasteiger partial charge in [0.1, 0.15) is 0 Å². The molecule has 0 radical (unpaired) electrons. The molecule has 2 fully saturated rings. The van der Waals surface area contributed by atoms with Crippen molar-refractivity contribution in [1.29, 1.82) is 0 Å². The zero-order valence-corrected chi connectivity index (χ0v) is 12.6. The molecule has 2 heterocycles. The molecule has 0 aromatic heterocycles. The zero-order chi connectivity index (χ0) is 12.4. The minimum absolute atomic E-state index is 0. The Morgan fingerprint density at radius 1 is 1.11 bits per heavy atom.